The molecule has 0 bridgehead atoms. The summed E-state index contributed by atoms with van der Waals surface area (Å²) >= 11 is 0. The van der Waals surface area contributed by atoms with Gasteiger partial charge in [0.25, 0.3) is 0 Å². The summed E-state index contributed by atoms with van der Waals surface area (Å²) < 4.78 is 6.50. The molecule has 12 aromatic rings. The standard InChI is InChI=1S/C67H45NO/c1-4-20-46(21-5-1)47-38-40-48(41-39-47)49-22-18-27-53(44-49)68(62-35-15-11-28-54(62)50-42-43-57-56-30-13-17-37-64(56)69-65(57)45-50)63-36-16-12-29-55(63)58-32-19-34-61-66(58)59-31-10-14-33-60(59)67(61,51-23-6-2-7-24-51)52-25-8-3-9-26-52/h1-45H. The van der Waals surface area contributed by atoms with Crippen molar-refractivity contribution in [3.63, 3.8) is 0 Å². The maximum absolute atomic E-state index is 6.50. The Bertz CT molecular complexity index is 3790. The number of para-hydroxylation sites is 3. The number of fused-ring (bicyclic) bond motifs is 6. The van der Waals surface area contributed by atoms with Gasteiger partial charge in [-0.3, -0.25) is 0 Å². The molecule has 0 radical (unpaired) electrons. The molecule has 0 spiro atoms. The van der Waals surface area contributed by atoms with Crippen LogP contribution in [0, 0.1) is 0 Å². The minimum absolute atomic E-state index is 0.522. The quantitative estimate of drug-likeness (QED) is 0.144. The predicted molar refractivity (Wildman–Crippen MR) is 287 cm³/mol. The number of nitrogens with zero attached hydrogens (tertiary/aromatic N) is 1. The summed E-state index contributed by atoms with van der Waals surface area (Å²) in [5.74, 6) is 0. The smallest absolute Gasteiger partial charge is 0.136 e. The van der Waals surface area contributed by atoms with Crippen molar-refractivity contribution in [2.75, 3.05) is 4.90 Å². The van der Waals surface area contributed by atoms with E-state index in [9.17, 15) is 0 Å². The number of benzene rings is 11. The van der Waals surface area contributed by atoms with Gasteiger partial charge in [0, 0.05) is 27.6 Å². The molecule has 324 valence electrons. The molecule has 13 rings (SSSR count). The van der Waals surface area contributed by atoms with Crippen LogP contribution in [0.4, 0.5) is 17.1 Å². The molecule has 1 aliphatic carbocycles. The molecular formula is C67H45NO. The number of anilines is 3. The number of rotatable bonds is 9. The minimum atomic E-state index is -0.522. The van der Waals surface area contributed by atoms with Crippen molar-refractivity contribution in [2.24, 2.45) is 0 Å². The first-order chi connectivity index (χ1) is 34.2. The molecule has 1 aromatic heterocycles. The first-order valence-corrected chi connectivity index (χ1v) is 23.7. The molecular weight excluding hydrogens is 835 g/mol. The van der Waals surface area contributed by atoms with Crippen LogP contribution >= 0.6 is 0 Å². The molecule has 11 aromatic carbocycles. The molecule has 0 N–H and O–H groups in total. The summed E-state index contributed by atoms with van der Waals surface area (Å²) in [4.78, 5) is 2.47. The zero-order valence-electron chi connectivity index (χ0n) is 37.8. The molecule has 0 aliphatic heterocycles. The highest BCUT2D eigenvalue weighted by atomic mass is 16.3. The highest BCUT2D eigenvalue weighted by Crippen LogP contribution is 2.59. The maximum atomic E-state index is 6.50. The largest absolute Gasteiger partial charge is 0.456 e. The Morgan fingerprint density at radius 1 is 0.290 bits per heavy atom. The van der Waals surface area contributed by atoms with Crippen molar-refractivity contribution in [3.8, 4) is 55.6 Å². The van der Waals surface area contributed by atoms with Crippen molar-refractivity contribution < 1.29 is 4.42 Å². The lowest BCUT2D eigenvalue weighted by Gasteiger charge is -2.34. The zero-order valence-corrected chi connectivity index (χ0v) is 37.8. The van der Waals surface area contributed by atoms with E-state index in [1.165, 1.54) is 50.1 Å². The van der Waals surface area contributed by atoms with Crippen LogP contribution in [0.15, 0.2) is 277 Å². The van der Waals surface area contributed by atoms with Gasteiger partial charge < -0.3 is 9.32 Å². The summed E-state index contributed by atoms with van der Waals surface area (Å²) in [6.45, 7) is 0. The third kappa shape index (κ3) is 6.64. The predicted octanol–water partition coefficient (Wildman–Crippen LogP) is 18.1. The Balaban J connectivity index is 1.04. The van der Waals surface area contributed by atoms with Crippen LogP contribution in [0.3, 0.4) is 0 Å². The summed E-state index contributed by atoms with van der Waals surface area (Å²) in [5, 5.41) is 2.23. The lowest BCUT2D eigenvalue weighted by atomic mass is 9.67. The van der Waals surface area contributed by atoms with Gasteiger partial charge in [0.2, 0.25) is 0 Å². The van der Waals surface area contributed by atoms with Crippen LogP contribution in [0.1, 0.15) is 22.3 Å². The van der Waals surface area contributed by atoms with Gasteiger partial charge in [-0.05, 0) is 109 Å². The van der Waals surface area contributed by atoms with Crippen LogP contribution in [-0.2, 0) is 5.41 Å². The van der Waals surface area contributed by atoms with E-state index in [4.69, 9.17) is 4.42 Å². The Labute approximate surface area is 402 Å². The highest BCUT2D eigenvalue weighted by Gasteiger charge is 2.47. The number of furan rings is 1. The van der Waals surface area contributed by atoms with Crippen molar-refractivity contribution >= 4 is 39.0 Å². The average molecular weight is 880 g/mol. The number of hydrogen-bond donors (Lipinski definition) is 0. The van der Waals surface area contributed by atoms with E-state index in [1.54, 1.807) is 0 Å². The molecule has 0 amide bonds. The summed E-state index contributed by atoms with van der Waals surface area (Å²) in [6.07, 6.45) is 0. The molecule has 69 heavy (non-hydrogen) atoms. The normalized spacial score (nSPS) is 12.5. The number of hydrogen-bond acceptors (Lipinski definition) is 2. The van der Waals surface area contributed by atoms with E-state index < -0.39 is 5.41 Å². The summed E-state index contributed by atoms with van der Waals surface area (Å²) in [5.41, 5.74) is 21.2. The molecule has 0 saturated heterocycles. The second kappa shape index (κ2) is 16.7. The zero-order chi connectivity index (χ0) is 45.7. The topological polar surface area (TPSA) is 16.4 Å². The van der Waals surface area contributed by atoms with Crippen molar-refractivity contribution in [1.29, 1.82) is 0 Å². The summed E-state index contributed by atoms with van der Waals surface area (Å²) in [7, 11) is 0. The van der Waals surface area contributed by atoms with Gasteiger partial charge in [-0.2, -0.15) is 0 Å². The van der Waals surface area contributed by atoms with Crippen LogP contribution in [0.5, 0.6) is 0 Å². The fraction of sp³-hybridized carbons (Fsp3) is 0.0149. The van der Waals surface area contributed by atoms with E-state index in [-0.39, 0.29) is 0 Å². The second-order valence-corrected chi connectivity index (χ2v) is 17.9. The van der Waals surface area contributed by atoms with Gasteiger partial charge in [-0.15, -0.1) is 0 Å². The first kappa shape index (κ1) is 40.3. The van der Waals surface area contributed by atoms with Crippen LogP contribution in [-0.4, -0.2) is 0 Å². The van der Waals surface area contributed by atoms with E-state index in [0.717, 1.165) is 66.8 Å². The van der Waals surface area contributed by atoms with Gasteiger partial charge in [0.15, 0.2) is 0 Å². The SMILES string of the molecule is c1ccc(-c2ccc(-c3cccc(N(c4ccccc4-c4ccc5c(c4)oc4ccccc45)c4ccccc4-c4cccc5c4-c4ccccc4C5(c4ccccc4)c4ccccc4)c3)cc2)cc1. The monoisotopic (exact) mass is 879 g/mol. The Kier molecular flexibility index (Phi) is 9.77. The van der Waals surface area contributed by atoms with Crippen LogP contribution < -0.4 is 4.90 Å². The minimum Gasteiger partial charge on any atom is -0.456 e. The second-order valence-electron chi connectivity index (χ2n) is 17.9. The molecule has 0 fully saturated rings. The van der Waals surface area contributed by atoms with Gasteiger partial charge >= 0.3 is 0 Å². The van der Waals surface area contributed by atoms with Gasteiger partial charge in [-0.25, -0.2) is 0 Å². The lowest BCUT2D eigenvalue weighted by molar-refractivity contribution is 0.669. The van der Waals surface area contributed by atoms with Gasteiger partial charge in [0.05, 0.1) is 16.8 Å². The molecule has 1 heterocycles. The lowest BCUT2D eigenvalue weighted by Crippen LogP contribution is -2.28. The molecule has 2 nitrogen and oxygen atoms in total. The third-order valence-corrected chi connectivity index (χ3v) is 14.2. The van der Waals surface area contributed by atoms with Gasteiger partial charge in [0.1, 0.15) is 11.2 Å². The van der Waals surface area contributed by atoms with E-state index in [2.05, 4.69) is 266 Å². The van der Waals surface area contributed by atoms with E-state index in [1.807, 2.05) is 12.1 Å². The summed E-state index contributed by atoms with van der Waals surface area (Å²) in [6, 6.07) is 99.3. The fourth-order valence-corrected chi connectivity index (χ4v) is 11.1. The third-order valence-electron chi connectivity index (χ3n) is 14.2. The Morgan fingerprint density at radius 3 is 1.52 bits per heavy atom. The van der Waals surface area contributed by atoms with Crippen molar-refractivity contribution in [1.82, 2.24) is 0 Å². The van der Waals surface area contributed by atoms with E-state index >= 15 is 0 Å². The molecule has 1 aliphatic rings. The Hall–Kier alpha value is -8.98. The van der Waals surface area contributed by atoms with Crippen LogP contribution in [0.2, 0.25) is 0 Å². The maximum Gasteiger partial charge on any atom is 0.136 e. The van der Waals surface area contributed by atoms with Crippen molar-refractivity contribution in [2.45, 2.75) is 5.41 Å². The van der Waals surface area contributed by atoms with E-state index in [0.29, 0.717) is 0 Å². The fourth-order valence-electron chi connectivity index (χ4n) is 11.1. The van der Waals surface area contributed by atoms with Crippen molar-refractivity contribution in [3.05, 3.63) is 295 Å². The molecule has 2 heteroatoms. The van der Waals surface area contributed by atoms with Gasteiger partial charge in [-0.1, -0.05) is 231 Å². The Morgan fingerprint density at radius 2 is 0.783 bits per heavy atom. The molecule has 0 saturated carbocycles. The molecule has 0 unspecified atom stereocenters. The average Bonchev–Trinajstić information content (AvgIpc) is 3.96. The highest BCUT2D eigenvalue weighted by molar-refractivity contribution is 6.07. The molecule has 0 atom stereocenters. The first-order valence-electron chi connectivity index (χ1n) is 23.7. The van der Waals surface area contributed by atoms with Crippen LogP contribution in [0.25, 0.3) is 77.6 Å².